The molecule has 0 spiro atoms. The van der Waals surface area contributed by atoms with Crippen LogP contribution in [0.5, 0.6) is 23.0 Å². The highest BCUT2D eigenvalue weighted by molar-refractivity contribution is 5.98. The molecule has 186 valence electrons. The summed E-state index contributed by atoms with van der Waals surface area (Å²) < 4.78 is 24.3. The fraction of sp³-hybridized carbons (Fsp3) is 0.286. The molecule has 1 aromatic heterocycles. The fourth-order valence-corrected chi connectivity index (χ4v) is 4.69. The quantitative estimate of drug-likeness (QED) is 0.342. The number of ether oxygens (including phenoxy) is 4. The molecule has 8 nitrogen and oxygen atoms in total. The molecule has 0 saturated carbocycles. The molecule has 4 aromatic rings. The number of hydrogen-bond acceptors (Lipinski definition) is 6. The van der Waals surface area contributed by atoms with E-state index in [-0.39, 0.29) is 11.8 Å². The number of methoxy groups -OCH3 is 3. The molecule has 1 amide bonds. The first-order valence-electron chi connectivity index (χ1n) is 11.9. The summed E-state index contributed by atoms with van der Waals surface area (Å²) in [6, 6.07) is 21.0. The number of aromatic nitrogens is 2. The summed E-state index contributed by atoms with van der Waals surface area (Å²) >= 11 is 0. The van der Waals surface area contributed by atoms with Gasteiger partial charge in [-0.05, 0) is 48.5 Å². The van der Waals surface area contributed by atoms with Crippen LogP contribution in [-0.2, 0) is 11.3 Å². The highest BCUT2D eigenvalue weighted by atomic mass is 16.5. The molecule has 0 bridgehead atoms. The first-order chi connectivity index (χ1) is 17.6. The number of fused-ring (bicyclic) bond motifs is 1. The van der Waals surface area contributed by atoms with E-state index in [2.05, 4.69) is 10.6 Å². The van der Waals surface area contributed by atoms with Crippen molar-refractivity contribution >= 4 is 22.6 Å². The van der Waals surface area contributed by atoms with E-state index in [0.717, 1.165) is 28.4 Å². The molecular weight excluding hydrogens is 458 g/mol. The van der Waals surface area contributed by atoms with Gasteiger partial charge >= 0.3 is 0 Å². The number of rotatable bonds is 9. The van der Waals surface area contributed by atoms with Crippen LogP contribution in [0.4, 0.5) is 5.69 Å². The number of anilines is 1. The van der Waals surface area contributed by atoms with Gasteiger partial charge in [-0.2, -0.15) is 0 Å². The predicted molar refractivity (Wildman–Crippen MR) is 137 cm³/mol. The van der Waals surface area contributed by atoms with Crippen LogP contribution < -0.4 is 23.8 Å². The van der Waals surface area contributed by atoms with Gasteiger partial charge in [0.15, 0.2) is 0 Å². The van der Waals surface area contributed by atoms with Crippen LogP contribution in [-0.4, -0.2) is 49.9 Å². The van der Waals surface area contributed by atoms with Crippen LogP contribution in [0, 0.1) is 0 Å². The lowest BCUT2D eigenvalue weighted by Gasteiger charge is -2.20. The third-order valence-corrected chi connectivity index (χ3v) is 6.49. The molecule has 1 saturated heterocycles. The van der Waals surface area contributed by atoms with Crippen molar-refractivity contribution in [2.24, 2.45) is 0 Å². The zero-order chi connectivity index (χ0) is 25.1. The molecule has 0 N–H and O–H groups in total. The summed E-state index contributed by atoms with van der Waals surface area (Å²) in [5.41, 5.74) is 2.63. The summed E-state index contributed by atoms with van der Waals surface area (Å²) in [6.45, 7) is 1.58. The van der Waals surface area contributed by atoms with E-state index in [9.17, 15) is 4.79 Å². The van der Waals surface area contributed by atoms with Gasteiger partial charge in [0.05, 0.1) is 44.6 Å². The second-order valence-electron chi connectivity index (χ2n) is 8.58. The number of benzene rings is 3. The van der Waals surface area contributed by atoms with Crippen molar-refractivity contribution in [3.05, 3.63) is 72.6 Å². The first kappa shape index (κ1) is 23.5. The van der Waals surface area contributed by atoms with Crippen molar-refractivity contribution in [1.29, 1.82) is 0 Å². The van der Waals surface area contributed by atoms with E-state index in [1.54, 1.807) is 26.2 Å². The lowest BCUT2D eigenvalue weighted by Crippen LogP contribution is -2.25. The number of nitrogens with zero attached hydrogens (tertiary/aromatic N) is 3. The maximum absolute atomic E-state index is 13.2. The number of hydrogen-bond donors (Lipinski definition) is 0. The predicted octanol–water partition coefficient (Wildman–Crippen LogP) is 4.66. The SMILES string of the molecule is COc1ccc(OCCn2c([C@H]3CC(=O)N(c4cc(OC)ccc4OC)C3)nc3ccccc32)cc1. The van der Waals surface area contributed by atoms with Gasteiger partial charge in [-0.25, -0.2) is 4.98 Å². The van der Waals surface area contributed by atoms with Gasteiger partial charge in [0.2, 0.25) is 5.91 Å². The maximum atomic E-state index is 13.2. The van der Waals surface area contributed by atoms with Crippen LogP contribution >= 0.6 is 0 Å². The van der Waals surface area contributed by atoms with Gasteiger partial charge in [0.25, 0.3) is 0 Å². The van der Waals surface area contributed by atoms with Crippen LogP contribution in [0.15, 0.2) is 66.7 Å². The summed E-state index contributed by atoms with van der Waals surface area (Å²) in [5, 5.41) is 0. The first-order valence-corrected chi connectivity index (χ1v) is 11.9. The van der Waals surface area contributed by atoms with Crippen LogP contribution in [0.1, 0.15) is 18.2 Å². The molecule has 0 radical (unpaired) electrons. The van der Waals surface area contributed by atoms with Gasteiger partial charge in [0.1, 0.15) is 35.4 Å². The largest absolute Gasteiger partial charge is 0.497 e. The van der Waals surface area contributed by atoms with Gasteiger partial charge in [-0.15, -0.1) is 0 Å². The minimum Gasteiger partial charge on any atom is -0.497 e. The van der Waals surface area contributed by atoms with E-state index in [0.29, 0.717) is 43.3 Å². The van der Waals surface area contributed by atoms with Crippen molar-refractivity contribution in [2.45, 2.75) is 18.9 Å². The Morgan fingerprint density at radius 2 is 1.61 bits per heavy atom. The number of carbonyl (C=O) groups excluding carboxylic acids is 1. The third kappa shape index (κ3) is 4.54. The molecule has 0 aliphatic carbocycles. The number of amides is 1. The highest BCUT2D eigenvalue weighted by Gasteiger charge is 2.36. The Kier molecular flexibility index (Phi) is 6.66. The molecule has 1 aliphatic heterocycles. The Morgan fingerprint density at radius 1 is 0.889 bits per heavy atom. The number of carbonyl (C=O) groups is 1. The monoisotopic (exact) mass is 487 g/mol. The van der Waals surface area contributed by atoms with Gasteiger partial charge in [0, 0.05) is 24.9 Å². The summed E-state index contributed by atoms with van der Waals surface area (Å²) in [6.07, 6.45) is 0.364. The molecule has 1 aliphatic rings. The van der Waals surface area contributed by atoms with Crippen LogP contribution in [0.2, 0.25) is 0 Å². The second kappa shape index (κ2) is 10.2. The van der Waals surface area contributed by atoms with E-state index in [1.165, 1.54) is 0 Å². The van der Waals surface area contributed by atoms with Crippen LogP contribution in [0.3, 0.4) is 0 Å². The van der Waals surface area contributed by atoms with Crippen molar-refractivity contribution in [3.63, 3.8) is 0 Å². The van der Waals surface area contributed by atoms with Crippen molar-refractivity contribution in [2.75, 3.05) is 39.4 Å². The Morgan fingerprint density at radius 3 is 2.36 bits per heavy atom. The molecule has 5 rings (SSSR count). The van der Waals surface area contributed by atoms with Gasteiger partial charge in [-0.1, -0.05) is 12.1 Å². The highest BCUT2D eigenvalue weighted by Crippen LogP contribution is 2.39. The zero-order valence-electron chi connectivity index (χ0n) is 20.6. The lowest BCUT2D eigenvalue weighted by atomic mass is 10.1. The molecular formula is C28H29N3O5. The number of imidazole rings is 1. The van der Waals surface area contributed by atoms with E-state index < -0.39 is 0 Å². The molecule has 2 heterocycles. The molecule has 0 unspecified atom stereocenters. The summed E-state index contributed by atoms with van der Waals surface area (Å²) in [5.74, 6) is 3.70. The fourth-order valence-electron chi connectivity index (χ4n) is 4.69. The van der Waals surface area contributed by atoms with Crippen molar-refractivity contribution < 1.29 is 23.7 Å². The minimum absolute atomic E-state index is 0.0274. The summed E-state index contributed by atoms with van der Waals surface area (Å²) in [7, 11) is 4.85. The average molecular weight is 488 g/mol. The second-order valence-corrected chi connectivity index (χ2v) is 8.58. The zero-order valence-corrected chi connectivity index (χ0v) is 20.6. The molecule has 3 aromatic carbocycles. The normalized spacial score (nSPS) is 15.4. The number of para-hydroxylation sites is 2. The molecule has 36 heavy (non-hydrogen) atoms. The van der Waals surface area contributed by atoms with Crippen molar-refractivity contribution in [1.82, 2.24) is 9.55 Å². The Labute approximate surface area is 210 Å². The molecule has 8 heteroatoms. The van der Waals surface area contributed by atoms with E-state index in [4.69, 9.17) is 23.9 Å². The Hall–Kier alpha value is -4.20. The van der Waals surface area contributed by atoms with Gasteiger partial charge in [-0.3, -0.25) is 4.79 Å². The lowest BCUT2D eigenvalue weighted by molar-refractivity contribution is -0.117. The standard InChI is InChI=1S/C28H29N3O5/c1-33-20-8-10-21(11-9-20)36-15-14-30-24-7-5-4-6-23(24)29-28(30)19-16-27(32)31(18-19)25-17-22(34-2)12-13-26(25)35-3/h4-13,17,19H,14-16,18H2,1-3H3/t19-/m0/s1. The maximum Gasteiger partial charge on any atom is 0.227 e. The smallest absolute Gasteiger partial charge is 0.227 e. The summed E-state index contributed by atoms with van der Waals surface area (Å²) in [4.78, 5) is 19.9. The molecule has 1 atom stereocenters. The average Bonchev–Trinajstić information content (AvgIpc) is 3.49. The van der Waals surface area contributed by atoms with E-state index >= 15 is 0 Å². The van der Waals surface area contributed by atoms with E-state index in [1.807, 2.05) is 60.7 Å². The molecule has 1 fully saturated rings. The third-order valence-electron chi connectivity index (χ3n) is 6.49. The van der Waals surface area contributed by atoms with Crippen LogP contribution in [0.25, 0.3) is 11.0 Å². The van der Waals surface area contributed by atoms with Gasteiger partial charge < -0.3 is 28.4 Å². The Balaban J connectivity index is 1.40. The topological polar surface area (TPSA) is 75.1 Å². The van der Waals surface area contributed by atoms with Crippen molar-refractivity contribution in [3.8, 4) is 23.0 Å². The Bertz CT molecular complexity index is 1370. The minimum atomic E-state index is -0.0678.